The van der Waals surface area contributed by atoms with Crippen LogP contribution >= 0.6 is 23.2 Å². The fraction of sp³-hybridized carbons (Fsp3) is 0.278. The molecule has 0 heterocycles. The van der Waals surface area contributed by atoms with E-state index in [0.717, 1.165) is 19.7 Å². The molecule has 0 atom stereocenters. The number of carbonyl (C=O) groups excluding carboxylic acids is 1. The highest BCUT2D eigenvalue weighted by molar-refractivity contribution is 7.90. The third-order valence-corrected chi connectivity index (χ3v) is 6.05. The van der Waals surface area contributed by atoms with Crippen LogP contribution in [0.1, 0.15) is 11.1 Å². The number of rotatable bonds is 6. The van der Waals surface area contributed by atoms with Crippen molar-refractivity contribution >= 4 is 50.7 Å². The third kappa shape index (κ3) is 5.35. The fourth-order valence-corrected chi connectivity index (χ4v) is 4.08. The van der Waals surface area contributed by atoms with E-state index < -0.39 is 22.7 Å². The van der Waals surface area contributed by atoms with Crippen molar-refractivity contribution in [2.75, 3.05) is 30.3 Å². The first-order valence-corrected chi connectivity index (χ1v) is 10.2. The molecule has 0 bridgehead atoms. The molecule has 0 fully saturated rings. The zero-order chi connectivity index (χ0) is 20.4. The highest BCUT2D eigenvalue weighted by atomic mass is 35.5. The van der Waals surface area contributed by atoms with Crippen molar-refractivity contribution in [3.8, 4) is 0 Å². The van der Waals surface area contributed by atoms with E-state index in [1.54, 1.807) is 13.0 Å². The van der Waals surface area contributed by atoms with Gasteiger partial charge < -0.3 is 5.32 Å². The smallest absolute Gasteiger partial charge is 0.304 e. The molecule has 0 radical (unpaired) electrons. The van der Waals surface area contributed by atoms with Gasteiger partial charge in [-0.3, -0.25) is 4.79 Å². The zero-order valence-corrected chi connectivity index (χ0v) is 17.8. The number of aryl methyl sites for hydroxylation is 2. The molecular formula is C18H21Cl2N3O3S. The summed E-state index contributed by atoms with van der Waals surface area (Å²) >= 11 is 11.9. The maximum atomic E-state index is 12.8. The lowest BCUT2D eigenvalue weighted by Crippen LogP contribution is -2.44. The molecule has 2 rings (SSSR count). The summed E-state index contributed by atoms with van der Waals surface area (Å²) in [5, 5.41) is 3.37. The van der Waals surface area contributed by atoms with Gasteiger partial charge in [-0.15, -0.1) is 0 Å². The summed E-state index contributed by atoms with van der Waals surface area (Å²) in [6.45, 7) is 3.26. The van der Waals surface area contributed by atoms with Crippen molar-refractivity contribution in [2.24, 2.45) is 0 Å². The van der Waals surface area contributed by atoms with Gasteiger partial charge in [0.2, 0.25) is 5.91 Å². The monoisotopic (exact) mass is 429 g/mol. The number of halogens is 2. The molecule has 1 N–H and O–H groups in total. The van der Waals surface area contributed by atoms with Gasteiger partial charge >= 0.3 is 10.2 Å². The second kappa shape index (κ2) is 8.48. The number of benzene rings is 2. The van der Waals surface area contributed by atoms with E-state index in [-0.39, 0.29) is 0 Å². The number of hydrogen-bond acceptors (Lipinski definition) is 3. The molecule has 0 aliphatic heterocycles. The minimum atomic E-state index is -3.88. The maximum Gasteiger partial charge on any atom is 0.304 e. The van der Waals surface area contributed by atoms with Crippen LogP contribution in [-0.2, 0) is 15.0 Å². The van der Waals surface area contributed by atoms with Gasteiger partial charge in [0.05, 0.1) is 5.69 Å². The van der Waals surface area contributed by atoms with E-state index in [1.807, 2.05) is 19.1 Å². The molecule has 1 amide bonds. The van der Waals surface area contributed by atoms with E-state index in [1.165, 1.54) is 32.3 Å². The average molecular weight is 430 g/mol. The number of amides is 1. The average Bonchev–Trinajstić information content (AvgIpc) is 2.53. The van der Waals surface area contributed by atoms with Gasteiger partial charge in [-0.1, -0.05) is 35.3 Å². The summed E-state index contributed by atoms with van der Waals surface area (Å²) in [6, 6.07) is 10.0. The van der Waals surface area contributed by atoms with Gasteiger partial charge in [0.1, 0.15) is 6.54 Å². The van der Waals surface area contributed by atoms with Crippen LogP contribution in [-0.4, -0.2) is 39.3 Å². The normalized spacial score (nSPS) is 11.5. The predicted octanol–water partition coefficient (Wildman–Crippen LogP) is 3.86. The highest BCUT2D eigenvalue weighted by Crippen LogP contribution is 2.26. The molecule has 0 saturated carbocycles. The number of nitrogens with zero attached hydrogens (tertiary/aromatic N) is 2. The Hall–Kier alpha value is -1.80. The van der Waals surface area contributed by atoms with Crippen molar-refractivity contribution in [3.05, 3.63) is 57.6 Å². The molecule has 0 aromatic heterocycles. The van der Waals surface area contributed by atoms with Crippen LogP contribution in [0.3, 0.4) is 0 Å². The molecule has 9 heteroatoms. The number of nitrogens with one attached hydrogen (secondary N) is 1. The van der Waals surface area contributed by atoms with Crippen molar-refractivity contribution in [3.63, 3.8) is 0 Å². The topological polar surface area (TPSA) is 69.7 Å². The fourth-order valence-electron chi connectivity index (χ4n) is 2.43. The van der Waals surface area contributed by atoms with Crippen LogP contribution in [0.15, 0.2) is 36.4 Å². The quantitative estimate of drug-likeness (QED) is 0.757. The van der Waals surface area contributed by atoms with Crippen LogP contribution < -0.4 is 9.62 Å². The molecule has 2 aromatic rings. The second-order valence-corrected chi connectivity index (χ2v) is 9.23. The number of carbonyl (C=O) groups is 1. The minimum absolute atomic E-state index is 0.366. The Morgan fingerprint density at radius 1 is 1.04 bits per heavy atom. The number of hydrogen-bond donors (Lipinski definition) is 1. The van der Waals surface area contributed by atoms with Gasteiger partial charge in [-0.05, 0) is 49.2 Å². The van der Waals surface area contributed by atoms with E-state index in [0.29, 0.717) is 21.4 Å². The molecule has 0 unspecified atom stereocenters. The Bertz CT molecular complexity index is 942. The molecular weight excluding hydrogens is 409 g/mol. The Morgan fingerprint density at radius 2 is 1.63 bits per heavy atom. The Balaban J connectivity index is 2.37. The summed E-state index contributed by atoms with van der Waals surface area (Å²) in [4.78, 5) is 12.6. The molecule has 2 aromatic carbocycles. The van der Waals surface area contributed by atoms with Gasteiger partial charge in [0.25, 0.3) is 0 Å². The molecule has 0 aliphatic rings. The Morgan fingerprint density at radius 3 is 2.19 bits per heavy atom. The zero-order valence-electron chi connectivity index (χ0n) is 15.5. The minimum Gasteiger partial charge on any atom is -0.324 e. The van der Waals surface area contributed by atoms with Crippen molar-refractivity contribution in [2.45, 2.75) is 13.8 Å². The van der Waals surface area contributed by atoms with Crippen LogP contribution in [0.4, 0.5) is 11.4 Å². The Kier molecular flexibility index (Phi) is 6.75. The Labute approximate surface area is 169 Å². The van der Waals surface area contributed by atoms with Crippen molar-refractivity contribution < 1.29 is 13.2 Å². The van der Waals surface area contributed by atoms with E-state index in [2.05, 4.69) is 5.32 Å². The SMILES string of the molecule is Cc1ccc(C)c(N(CC(=O)Nc2cc(Cl)cc(Cl)c2)S(=O)(=O)N(C)C)c1. The molecule has 0 saturated heterocycles. The lowest BCUT2D eigenvalue weighted by molar-refractivity contribution is -0.114. The maximum absolute atomic E-state index is 12.8. The van der Waals surface area contributed by atoms with Gasteiger partial charge in [0, 0.05) is 29.8 Å². The standard InChI is InChI=1S/C18H21Cl2N3O3S/c1-12-5-6-13(2)17(7-12)23(27(25,26)22(3)4)11-18(24)21-16-9-14(19)8-15(20)10-16/h5-10H,11H2,1-4H3,(H,21,24). The lowest BCUT2D eigenvalue weighted by atomic mass is 10.1. The first kappa shape index (κ1) is 21.5. The highest BCUT2D eigenvalue weighted by Gasteiger charge is 2.28. The molecule has 0 aliphatic carbocycles. The summed E-state index contributed by atoms with van der Waals surface area (Å²) in [6.07, 6.45) is 0. The largest absolute Gasteiger partial charge is 0.324 e. The summed E-state index contributed by atoms with van der Waals surface area (Å²) in [5.74, 6) is -0.514. The van der Waals surface area contributed by atoms with Crippen molar-refractivity contribution in [1.82, 2.24) is 4.31 Å². The van der Waals surface area contributed by atoms with Crippen LogP contribution in [0, 0.1) is 13.8 Å². The third-order valence-electron chi connectivity index (χ3n) is 3.81. The van der Waals surface area contributed by atoms with Gasteiger partial charge in [0.15, 0.2) is 0 Å². The predicted molar refractivity (Wildman–Crippen MR) is 111 cm³/mol. The first-order valence-electron chi connectivity index (χ1n) is 8.04. The van der Waals surface area contributed by atoms with E-state index >= 15 is 0 Å². The van der Waals surface area contributed by atoms with Crippen LogP contribution in [0.2, 0.25) is 10.0 Å². The molecule has 0 spiro atoms. The van der Waals surface area contributed by atoms with E-state index in [9.17, 15) is 13.2 Å². The van der Waals surface area contributed by atoms with Crippen molar-refractivity contribution in [1.29, 1.82) is 0 Å². The molecule has 27 heavy (non-hydrogen) atoms. The van der Waals surface area contributed by atoms with Gasteiger partial charge in [-0.2, -0.15) is 12.7 Å². The lowest BCUT2D eigenvalue weighted by Gasteiger charge is -2.28. The molecule has 146 valence electrons. The molecule has 6 nitrogen and oxygen atoms in total. The van der Waals surface area contributed by atoms with Gasteiger partial charge in [-0.25, -0.2) is 4.31 Å². The van der Waals surface area contributed by atoms with E-state index in [4.69, 9.17) is 23.2 Å². The second-order valence-electron chi connectivity index (χ2n) is 6.29. The summed E-state index contributed by atoms with van der Waals surface area (Å²) < 4.78 is 27.8. The van der Waals surface area contributed by atoms with Crippen LogP contribution in [0.25, 0.3) is 0 Å². The first-order chi connectivity index (χ1) is 12.5. The summed E-state index contributed by atoms with van der Waals surface area (Å²) in [7, 11) is -1.04. The summed E-state index contributed by atoms with van der Waals surface area (Å²) in [5.41, 5.74) is 2.46. The number of anilines is 2. The van der Waals surface area contributed by atoms with Crippen LogP contribution in [0.5, 0.6) is 0 Å².